The Labute approximate surface area is 155 Å². The van der Waals surface area contributed by atoms with Crippen molar-refractivity contribution in [3.63, 3.8) is 0 Å². The standard InChI is InChI=1S/C21H25ClN2O/c1-2-17-6-3-4-8-20(17)23-21(25)18-7-5-13-24(15-18)14-16-9-11-19(22)12-10-16/h3-4,6,8-12,18H,2,5,7,13-15H2,1H3,(H,23,25)/t18-/m0/s1. The maximum Gasteiger partial charge on any atom is 0.228 e. The molecule has 0 aromatic heterocycles. The minimum Gasteiger partial charge on any atom is -0.326 e. The van der Waals surface area contributed by atoms with Crippen molar-refractivity contribution in [3.8, 4) is 0 Å². The van der Waals surface area contributed by atoms with Gasteiger partial charge in [-0.15, -0.1) is 0 Å². The lowest BCUT2D eigenvalue weighted by atomic mass is 9.96. The number of para-hydroxylation sites is 1. The minimum absolute atomic E-state index is 0.0472. The molecular weight excluding hydrogens is 332 g/mol. The van der Waals surface area contributed by atoms with E-state index in [2.05, 4.69) is 35.3 Å². The molecule has 0 radical (unpaired) electrons. The third-order valence-electron chi connectivity index (χ3n) is 4.85. The molecule has 0 spiro atoms. The van der Waals surface area contributed by atoms with Crippen molar-refractivity contribution >= 4 is 23.2 Å². The van der Waals surface area contributed by atoms with Crippen LogP contribution in [0.2, 0.25) is 5.02 Å². The Kier molecular flexibility index (Phi) is 6.11. The largest absolute Gasteiger partial charge is 0.326 e. The summed E-state index contributed by atoms with van der Waals surface area (Å²) in [5.74, 6) is 0.188. The molecule has 1 atom stereocenters. The number of anilines is 1. The first-order valence-electron chi connectivity index (χ1n) is 9.01. The van der Waals surface area contributed by atoms with Gasteiger partial charge in [-0.05, 0) is 55.1 Å². The Bertz CT molecular complexity index is 714. The van der Waals surface area contributed by atoms with Gasteiger partial charge in [-0.3, -0.25) is 9.69 Å². The number of nitrogens with one attached hydrogen (secondary N) is 1. The van der Waals surface area contributed by atoms with Crippen molar-refractivity contribution in [2.24, 2.45) is 5.92 Å². The maximum atomic E-state index is 12.7. The molecule has 2 aromatic carbocycles. The molecule has 132 valence electrons. The predicted molar refractivity (Wildman–Crippen MR) is 104 cm³/mol. The average molecular weight is 357 g/mol. The minimum atomic E-state index is 0.0472. The molecule has 2 aromatic rings. The van der Waals surface area contributed by atoms with Crippen LogP contribution in [-0.2, 0) is 17.8 Å². The Morgan fingerprint density at radius 2 is 1.96 bits per heavy atom. The van der Waals surface area contributed by atoms with Crippen LogP contribution in [0, 0.1) is 5.92 Å². The van der Waals surface area contributed by atoms with Crippen LogP contribution in [0.1, 0.15) is 30.9 Å². The van der Waals surface area contributed by atoms with E-state index in [9.17, 15) is 4.79 Å². The summed E-state index contributed by atoms with van der Waals surface area (Å²) in [4.78, 5) is 15.1. The van der Waals surface area contributed by atoms with E-state index in [1.165, 1.54) is 11.1 Å². The summed E-state index contributed by atoms with van der Waals surface area (Å²) >= 11 is 5.95. The van der Waals surface area contributed by atoms with Gasteiger partial charge < -0.3 is 5.32 Å². The van der Waals surface area contributed by atoms with Crippen molar-refractivity contribution in [1.29, 1.82) is 0 Å². The molecular formula is C21H25ClN2O. The first kappa shape index (κ1) is 18.0. The van der Waals surface area contributed by atoms with E-state index < -0.39 is 0 Å². The molecule has 0 bridgehead atoms. The molecule has 1 fully saturated rings. The number of carbonyl (C=O) groups excluding carboxylic acids is 1. The smallest absolute Gasteiger partial charge is 0.228 e. The summed E-state index contributed by atoms with van der Waals surface area (Å²) in [6.07, 6.45) is 2.93. The van der Waals surface area contributed by atoms with Crippen LogP contribution in [0.25, 0.3) is 0 Å². The van der Waals surface area contributed by atoms with Gasteiger partial charge in [0.05, 0.1) is 5.92 Å². The van der Waals surface area contributed by atoms with Crippen LogP contribution in [0.4, 0.5) is 5.69 Å². The molecule has 1 aliphatic rings. The monoisotopic (exact) mass is 356 g/mol. The van der Waals surface area contributed by atoms with Gasteiger partial charge in [0.25, 0.3) is 0 Å². The summed E-state index contributed by atoms with van der Waals surface area (Å²) in [5.41, 5.74) is 3.37. The zero-order valence-electron chi connectivity index (χ0n) is 14.7. The van der Waals surface area contributed by atoms with E-state index in [0.29, 0.717) is 0 Å². The van der Waals surface area contributed by atoms with Crippen molar-refractivity contribution in [1.82, 2.24) is 4.90 Å². The number of hydrogen-bond acceptors (Lipinski definition) is 2. The third-order valence-corrected chi connectivity index (χ3v) is 5.10. The SMILES string of the molecule is CCc1ccccc1NC(=O)[C@H]1CCCN(Cc2ccc(Cl)cc2)C1. The van der Waals surface area contributed by atoms with Crippen LogP contribution < -0.4 is 5.32 Å². The lowest BCUT2D eigenvalue weighted by molar-refractivity contribution is -0.121. The number of hydrogen-bond donors (Lipinski definition) is 1. The van der Waals surface area contributed by atoms with Crippen LogP contribution in [0.5, 0.6) is 0 Å². The molecule has 0 aliphatic carbocycles. The summed E-state index contributed by atoms with van der Waals surface area (Å²) in [6, 6.07) is 16.0. The van der Waals surface area contributed by atoms with E-state index in [1.54, 1.807) is 0 Å². The number of amides is 1. The summed E-state index contributed by atoms with van der Waals surface area (Å²) < 4.78 is 0. The number of carbonyl (C=O) groups is 1. The van der Waals surface area contributed by atoms with Gasteiger partial charge in [-0.25, -0.2) is 0 Å². The van der Waals surface area contributed by atoms with Crippen molar-refractivity contribution < 1.29 is 4.79 Å². The van der Waals surface area contributed by atoms with E-state index in [4.69, 9.17) is 11.6 Å². The number of aryl methyl sites for hydroxylation is 1. The molecule has 25 heavy (non-hydrogen) atoms. The van der Waals surface area contributed by atoms with Gasteiger partial charge in [0.15, 0.2) is 0 Å². The zero-order chi connectivity index (χ0) is 17.6. The summed E-state index contributed by atoms with van der Waals surface area (Å²) in [7, 11) is 0. The second kappa shape index (κ2) is 8.50. The van der Waals surface area contributed by atoms with Crippen molar-refractivity contribution in [2.45, 2.75) is 32.7 Å². The topological polar surface area (TPSA) is 32.3 Å². The molecule has 0 saturated carbocycles. The van der Waals surface area contributed by atoms with Gasteiger partial charge in [0.2, 0.25) is 5.91 Å². The lowest BCUT2D eigenvalue weighted by Gasteiger charge is -2.32. The molecule has 0 unspecified atom stereocenters. The van der Waals surface area contributed by atoms with Gasteiger partial charge in [0.1, 0.15) is 0 Å². The number of benzene rings is 2. The fraction of sp³-hybridized carbons (Fsp3) is 0.381. The Morgan fingerprint density at radius 3 is 2.72 bits per heavy atom. The fourth-order valence-electron chi connectivity index (χ4n) is 3.45. The number of piperidine rings is 1. The first-order chi connectivity index (χ1) is 12.2. The van der Waals surface area contributed by atoms with Crippen LogP contribution in [-0.4, -0.2) is 23.9 Å². The second-order valence-electron chi connectivity index (χ2n) is 6.70. The number of halogens is 1. The van der Waals surface area contributed by atoms with Crippen molar-refractivity contribution in [3.05, 3.63) is 64.7 Å². The van der Waals surface area contributed by atoms with Crippen LogP contribution in [0.15, 0.2) is 48.5 Å². The highest BCUT2D eigenvalue weighted by Gasteiger charge is 2.26. The molecule has 1 N–H and O–H groups in total. The Hall–Kier alpha value is -1.84. The Balaban J connectivity index is 1.60. The lowest BCUT2D eigenvalue weighted by Crippen LogP contribution is -2.40. The van der Waals surface area contributed by atoms with E-state index >= 15 is 0 Å². The Morgan fingerprint density at radius 1 is 1.20 bits per heavy atom. The van der Waals surface area contributed by atoms with Gasteiger partial charge >= 0.3 is 0 Å². The summed E-state index contributed by atoms with van der Waals surface area (Å²) in [6.45, 7) is 4.83. The average Bonchev–Trinajstić information content (AvgIpc) is 2.64. The highest BCUT2D eigenvalue weighted by Crippen LogP contribution is 2.22. The van der Waals surface area contributed by atoms with Gasteiger partial charge in [-0.1, -0.05) is 48.9 Å². The zero-order valence-corrected chi connectivity index (χ0v) is 15.4. The fourth-order valence-corrected chi connectivity index (χ4v) is 3.57. The van der Waals surface area contributed by atoms with Gasteiger partial charge in [-0.2, -0.15) is 0 Å². The summed E-state index contributed by atoms with van der Waals surface area (Å²) in [5, 5.41) is 3.90. The second-order valence-corrected chi connectivity index (χ2v) is 7.14. The highest BCUT2D eigenvalue weighted by atomic mass is 35.5. The van der Waals surface area contributed by atoms with Crippen LogP contribution >= 0.6 is 11.6 Å². The van der Waals surface area contributed by atoms with Crippen LogP contribution in [0.3, 0.4) is 0 Å². The molecule has 3 nitrogen and oxygen atoms in total. The normalized spacial score (nSPS) is 18.1. The number of rotatable bonds is 5. The number of likely N-dealkylation sites (tertiary alicyclic amines) is 1. The maximum absolute atomic E-state index is 12.7. The number of nitrogens with zero attached hydrogens (tertiary/aromatic N) is 1. The van der Waals surface area contributed by atoms with Crippen molar-refractivity contribution in [2.75, 3.05) is 18.4 Å². The van der Waals surface area contributed by atoms with E-state index in [1.807, 2.05) is 30.3 Å². The molecule has 4 heteroatoms. The van der Waals surface area contributed by atoms with Gasteiger partial charge in [0, 0.05) is 23.8 Å². The predicted octanol–water partition coefficient (Wildman–Crippen LogP) is 4.75. The molecule has 1 heterocycles. The van der Waals surface area contributed by atoms with E-state index in [0.717, 1.165) is 49.6 Å². The third kappa shape index (κ3) is 4.83. The highest BCUT2D eigenvalue weighted by molar-refractivity contribution is 6.30. The quantitative estimate of drug-likeness (QED) is 0.838. The molecule has 1 saturated heterocycles. The molecule has 3 rings (SSSR count). The molecule has 1 aliphatic heterocycles. The first-order valence-corrected chi connectivity index (χ1v) is 9.39. The molecule has 1 amide bonds. The van der Waals surface area contributed by atoms with E-state index in [-0.39, 0.29) is 11.8 Å².